The highest BCUT2D eigenvalue weighted by Gasteiger charge is 2.34. The first-order valence-corrected chi connectivity index (χ1v) is 14.3. The van der Waals surface area contributed by atoms with Crippen LogP contribution in [-0.4, -0.2) is 62.1 Å². The molecule has 210 valence electrons. The number of nitrogens with zero attached hydrogens (tertiary/aromatic N) is 4. The summed E-state index contributed by atoms with van der Waals surface area (Å²) in [7, 11) is 4.24. The van der Waals surface area contributed by atoms with Crippen molar-refractivity contribution >= 4 is 29.3 Å². The molecule has 40 heavy (non-hydrogen) atoms. The lowest BCUT2D eigenvalue weighted by molar-refractivity contribution is -0.139. The number of thiazole rings is 1. The number of hydrogen-bond acceptors (Lipinski definition) is 10. The van der Waals surface area contributed by atoms with Gasteiger partial charge in [-0.3, -0.25) is 9.36 Å². The molecule has 0 radical (unpaired) electrons. The van der Waals surface area contributed by atoms with Crippen molar-refractivity contribution in [3.05, 3.63) is 72.6 Å². The Labute approximate surface area is 235 Å². The summed E-state index contributed by atoms with van der Waals surface area (Å²) in [6, 6.07) is 9.13. The Morgan fingerprint density at radius 1 is 1.18 bits per heavy atom. The lowest BCUT2D eigenvalue weighted by Crippen LogP contribution is -2.41. The van der Waals surface area contributed by atoms with Crippen molar-refractivity contribution in [1.29, 1.82) is 0 Å². The molecule has 5 heterocycles. The Bertz CT molecular complexity index is 1660. The van der Waals surface area contributed by atoms with Crippen LogP contribution in [0.2, 0.25) is 0 Å². The van der Waals surface area contributed by atoms with Crippen LogP contribution < -0.4 is 29.3 Å². The first-order chi connectivity index (χ1) is 19.3. The summed E-state index contributed by atoms with van der Waals surface area (Å²) in [6.07, 6.45) is 3.90. The maximum atomic E-state index is 13.9. The Hall–Kier alpha value is -3.83. The van der Waals surface area contributed by atoms with E-state index in [1.165, 1.54) is 11.3 Å². The fourth-order valence-electron chi connectivity index (χ4n) is 5.51. The number of rotatable bonds is 6. The van der Waals surface area contributed by atoms with E-state index in [4.69, 9.17) is 18.6 Å². The molecule has 0 bridgehead atoms. The zero-order chi connectivity index (χ0) is 28.0. The van der Waals surface area contributed by atoms with E-state index in [-0.39, 0.29) is 19.0 Å². The van der Waals surface area contributed by atoms with Gasteiger partial charge in [0.1, 0.15) is 5.76 Å². The van der Waals surface area contributed by atoms with Gasteiger partial charge in [0.05, 0.1) is 28.5 Å². The summed E-state index contributed by atoms with van der Waals surface area (Å²) in [5.74, 6) is 2.07. The van der Waals surface area contributed by atoms with Gasteiger partial charge < -0.3 is 28.4 Å². The van der Waals surface area contributed by atoms with E-state index in [0.29, 0.717) is 49.5 Å². The predicted octanol–water partition coefficient (Wildman–Crippen LogP) is 2.65. The van der Waals surface area contributed by atoms with Crippen LogP contribution in [0.3, 0.4) is 0 Å². The second kappa shape index (κ2) is 10.6. The van der Waals surface area contributed by atoms with Crippen molar-refractivity contribution in [2.45, 2.75) is 38.8 Å². The molecule has 0 saturated carbocycles. The zero-order valence-electron chi connectivity index (χ0n) is 23.0. The highest BCUT2D eigenvalue weighted by Crippen LogP contribution is 2.38. The first kappa shape index (κ1) is 26.4. The minimum absolute atomic E-state index is 0.125. The van der Waals surface area contributed by atoms with Gasteiger partial charge in [-0.05, 0) is 64.5 Å². The molecule has 3 aliphatic rings. The van der Waals surface area contributed by atoms with Gasteiger partial charge >= 0.3 is 5.97 Å². The summed E-state index contributed by atoms with van der Waals surface area (Å²) < 4.78 is 24.6. The average molecular weight is 565 g/mol. The van der Waals surface area contributed by atoms with Crippen LogP contribution in [0.15, 0.2) is 55.8 Å². The van der Waals surface area contributed by atoms with E-state index >= 15 is 0 Å². The maximum absolute atomic E-state index is 13.9. The van der Waals surface area contributed by atoms with Crippen LogP contribution in [0.5, 0.6) is 11.5 Å². The molecule has 3 aromatic rings. The van der Waals surface area contributed by atoms with Crippen LogP contribution in [0.25, 0.3) is 6.08 Å². The van der Waals surface area contributed by atoms with Crippen molar-refractivity contribution in [2.75, 3.05) is 45.5 Å². The number of allylic oxidation sites excluding steroid dienone is 1. The van der Waals surface area contributed by atoms with Gasteiger partial charge in [0.15, 0.2) is 22.2 Å². The van der Waals surface area contributed by atoms with E-state index in [2.05, 4.69) is 28.9 Å². The Morgan fingerprint density at radius 3 is 2.70 bits per heavy atom. The SMILES string of the molecule is CCOC(=O)C1=C(C)N=c2s/c(=C\c3ccc(N4CCC(N(C)C)CC4)o3)c(=O)n2[C@H]1c1ccc2c(c1)OCO2. The zero-order valence-corrected chi connectivity index (χ0v) is 23.8. The Morgan fingerprint density at radius 2 is 1.95 bits per heavy atom. The second-order valence-corrected chi connectivity index (χ2v) is 11.3. The normalized spacial score (nSPS) is 19.3. The average Bonchev–Trinajstić information content (AvgIpc) is 3.67. The number of furan rings is 1. The largest absolute Gasteiger partial charge is 0.463 e. The standard InChI is InChI=1S/C29H32N4O6S/c1-5-36-28(35)25-17(2)30-29-33(26(25)18-6-8-21-22(14-18)38-16-37-21)27(34)23(40-29)15-20-7-9-24(39-20)32-12-10-19(11-13-32)31(3)4/h6-9,14-15,19,26H,5,10-13,16H2,1-4H3/b23-15-/t26-/m0/s1. The molecule has 1 fully saturated rings. The molecule has 0 aliphatic carbocycles. The number of esters is 1. The minimum atomic E-state index is -0.725. The van der Waals surface area contributed by atoms with Gasteiger partial charge in [-0.25, -0.2) is 9.79 Å². The van der Waals surface area contributed by atoms with E-state index in [9.17, 15) is 9.59 Å². The predicted molar refractivity (Wildman–Crippen MR) is 151 cm³/mol. The van der Waals surface area contributed by atoms with E-state index in [1.807, 2.05) is 18.2 Å². The summed E-state index contributed by atoms with van der Waals surface area (Å²) >= 11 is 1.27. The van der Waals surface area contributed by atoms with Crippen molar-refractivity contribution in [3.8, 4) is 11.5 Å². The van der Waals surface area contributed by atoms with Gasteiger partial charge in [0, 0.05) is 31.3 Å². The van der Waals surface area contributed by atoms with Crippen LogP contribution in [0.1, 0.15) is 44.1 Å². The molecule has 1 aromatic carbocycles. The summed E-state index contributed by atoms with van der Waals surface area (Å²) in [5, 5.41) is 0. The highest BCUT2D eigenvalue weighted by atomic mass is 32.1. The summed E-state index contributed by atoms with van der Waals surface area (Å²) in [6.45, 7) is 5.69. The molecule has 2 aromatic heterocycles. The monoisotopic (exact) mass is 564 g/mol. The number of ether oxygens (including phenoxy) is 3. The molecule has 10 nitrogen and oxygen atoms in total. The lowest BCUT2D eigenvalue weighted by atomic mass is 9.95. The number of anilines is 1. The fraction of sp³-hybridized carbons (Fsp3) is 0.414. The van der Waals surface area contributed by atoms with Crippen LogP contribution in [0.4, 0.5) is 5.88 Å². The summed E-state index contributed by atoms with van der Waals surface area (Å²) in [5.41, 5.74) is 1.28. The number of carbonyl (C=O) groups is 1. The number of benzene rings is 1. The number of carbonyl (C=O) groups excluding carboxylic acids is 1. The van der Waals surface area contributed by atoms with Crippen molar-refractivity contribution < 1.29 is 23.4 Å². The van der Waals surface area contributed by atoms with Gasteiger partial charge in [-0.1, -0.05) is 17.4 Å². The van der Waals surface area contributed by atoms with Gasteiger partial charge in [-0.2, -0.15) is 0 Å². The Balaban J connectivity index is 1.38. The molecular formula is C29H32N4O6S. The van der Waals surface area contributed by atoms with E-state index in [0.717, 1.165) is 31.8 Å². The quantitative estimate of drug-likeness (QED) is 0.422. The number of hydrogen-bond donors (Lipinski definition) is 0. The number of fused-ring (bicyclic) bond motifs is 2. The molecule has 11 heteroatoms. The molecule has 1 saturated heterocycles. The van der Waals surface area contributed by atoms with E-state index in [1.54, 1.807) is 36.6 Å². The third-order valence-corrected chi connectivity index (χ3v) is 8.60. The molecule has 0 spiro atoms. The van der Waals surface area contributed by atoms with Crippen molar-refractivity contribution in [2.24, 2.45) is 4.99 Å². The lowest BCUT2D eigenvalue weighted by Gasteiger charge is -2.35. The van der Waals surface area contributed by atoms with Gasteiger partial charge in [0.2, 0.25) is 6.79 Å². The van der Waals surface area contributed by atoms with Gasteiger partial charge in [-0.15, -0.1) is 0 Å². The van der Waals surface area contributed by atoms with Gasteiger partial charge in [0.25, 0.3) is 5.56 Å². The van der Waals surface area contributed by atoms with Crippen molar-refractivity contribution in [1.82, 2.24) is 9.47 Å². The molecule has 0 amide bonds. The third-order valence-electron chi connectivity index (χ3n) is 7.62. The summed E-state index contributed by atoms with van der Waals surface area (Å²) in [4.78, 5) is 36.7. The Kier molecular flexibility index (Phi) is 7.01. The number of aromatic nitrogens is 1. The fourth-order valence-corrected chi connectivity index (χ4v) is 6.54. The smallest absolute Gasteiger partial charge is 0.338 e. The number of piperidine rings is 1. The molecule has 1 atom stereocenters. The van der Waals surface area contributed by atoms with Crippen LogP contribution in [-0.2, 0) is 9.53 Å². The topological polar surface area (TPSA) is 98.7 Å². The molecule has 0 unspecified atom stereocenters. The highest BCUT2D eigenvalue weighted by molar-refractivity contribution is 7.07. The minimum Gasteiger partial charge on any atom is -0.463 e. The molecular weight excluding hydrogens is 532 g/mol. The molecule has 3 aliphatic heterocycles. The second-order valence-electron chi connectivity index (χ2n) is 10.3. The van der Waals surface area contributed by atoms with Crippen LogP contribution in [0, 0.1) is 0 Å². The van der Waals surface area contributed by atoms with Crippen molar-refractivity contribution in [3.63, 3.8) is 0 Å². The molecule has 0 N–H and O–H groups in total. The maximum Gasteiger partial charge on any atom is 0.338 e. The molecule has 6 rings (SSSR count). The first-order valence-electron chi connectivity index (χ1n) is 13.4. The third kappa shape index (κ3) is 4.73. The van der Waals surface area contributed by atoms with Crippen LogP contribution >= 0.6 is 11.3 Å². The van der Waals surface area contributed by atoms with E-state index < -0.39 is 12.0 Å².